The van der Waals surface area contributed by atoms with Crippen LogP contribution < -0.4 is 0 Å². The van der Waals surface area contributed by atoms with E-state index >= 15 is 0 Å². The molecular weight excluding hydrogens is 148 g/mol. The quantitative estimate of drug-likeness (QED) is 0.653. The van der Waals surface area contributed by atoms with Crippen molar-refractivity contribution in [3.05, 3.63) is 30.1 Å². The van der Waals surface area contributed by atoms with E-state index in [1.807, 2.05) is 12.1 Å². The van der Waals surface area contributed by atoms with Crippen LogP contribution >= 0.6 is 0 Å². The first-order valence-corrected chi connectivity index (χ1v) is 4.48. The molecule has 0 N–H and O–H groups in total. The third-order valence-corrected chi connectivity index (χ3v) is 2.26. The molecule has 12 heavy (non-hydrogen) atoms. The Bertz CT molecular complexity index is 227. The molecule has 1 radical (unpaired) electrons. The second-order valence-electron chi connectivity index (χ2n) is 3.23. The first kappa shape index (κ1) is 7.74. The lowest BCUT2D eigenvalue weighted by molar-refractivity contribution is 0.327. The van der Waals surface area contributed by atoms with Gasteiger partial charge in [-0.25, -0.2) is 0 Å². The number of hydrogen-bond acceptors (Lipinski definition) is 2. The lowest BCUT2D eigenvalue weighted by Gasteiger charge is -2.12. The van der Waals surface area contributed by atoms with Gasteiger partial charge in [0.25, 0.3) is 0 Å². The van der Waals surface area contributed by atoms with Crippen LogP contribution in [0.3, 0.4) is 0 Å². The lowest BCUT2D eigenvalue weighted by atomic mass is 10.3. The van der Waals surface area contributed by atoms with Crippen LogP contribution in [-0.2, 0) is 6.54 Å². The molecule has 1 aliphatic rings. The smallest absolute Gasteiger partial charge is 0.0544 e. The molecule has 1 aliphatic heterocycles. The molecule has 2 nitrogen and oxygen atoms in total. The Labute approximate surface area is 73.2 Å². The fourth-order valence-corrected chi connectivity index (χ4v) is 1.61. The second-order valence-corrected chi connectivity index (χ2v) is 3.23. The van der Waals surface area contributed by atoms with Crippen molar-refractivity contribution in [2.45, 2.75) is 19.4 Å². The van der Waals surface area contributed by atoms with Gasteiger partial charge in [-0.1, -0.05) is 6.07 Å². The minimum atomic E-state index is 1.01. The molecule has 63 valence electrons. The van der Waals surface area contributed by atoms with Gasteiger partial charge in [-0.3, -0.25) is 9.88 Å². The highest BCUT2D eigenvalue weighted by atomic mass is 15.1. The Morgan fingerprint density at radius 3 is 2.92 bits per heavy atom. The number of hydrogen-bond donors (Lipinski definition) is 0. The van der Waals surface area contributed by atoms with Crippen LogP contribution in [0.2, 0.25) is 0 Å². The van der Waals surface area contributed by atoms with Crippen LogP contribution in [0.4, 0.5) is 0 Å². The SMILES string of the molecule is [c]1ccc(CN2CCCC2)nc1. The molecule has 1 aromatic rings. The second kappa shape index (κ2) is 3.68. The molecular formula is C10H13N2. The van der Waals surface area contributed by atoms with Crippen molar-refractivity contribution in [1.82, 2.24) is 9.88 Å². The highest BCUT2D eigenvalue weighted by molar-refractivity contribution is 5.02. The van der Waals surface area contributed by atoms with Crippen molar-refractivity contribution in [2.24, 2.45) is 0 Å². The van der Waals surface area contributed by atoms with Gasteiger partial charge in [0.2, 0.25) is 0 Å². The summed E-state index contributed by atoms with van der Waals surface area (Å²) < 4.78 is 0. The van der Waals surface area contributed by atoms with Gasteiger partial charge in [-0.15, -0.1) is 0 Å². The minimum absolute atomic E-state index is 1.01. The van der Waals surface area contributed by atoms with E-state index in [-0.39, 0.29) is 0 Å². The van der Waals surface area contributed by atoms with E-state index in [0.29, 0.717) is 0 Å². The summed E-state index contributed by atoms with van der Waals surface area (Å²) in [5, 5.41) is 0. The van der Waals surface area contributed by atoms with Gasteiger partial charge >= 0.3 is 0 Å². The predicted molar refractivity (Wildman–Crippen MR) is 47.6 cm³/mol. The lowest BCUT2D eigenvalue weighted by Crippen LogP contribution is -2.18. The van der Waals surface area contributed by atoms with Crippen molar-refractivity contribution in [1.29, 1.82) is 0 Å². The number of nitrogens with zero attached hydrogens (tertiary/aromatic N) is 2. The molecule has 0 aromatic carbocycles. The molecule has 0 saturated carbocycles. The molecule has 0 atom stereocenters. The van der Waals surface area contributed by atoms with Crippen LogP contribution in [0, 0.1) is 6.07 Å². The highest BCUT2D eigenvalue weighted by Gasteiger charge is 2.11. The summed E-state index contributed by atoms with van der Waals surface area (Å²) in [6.45, 7) is 3.48. The molecule has 2 heteroatoms. The fourth-order valence-electron chi connectivity index (χ4n) is 1.61. The van der Waals surface area contributed by atoms with Crippen LogP contribution in [0.1, 0.15) is 18.5 Å². The van der Waals surface area contributed by atoms with E-state index in [0.717, 1.165) is 12.2 Å². The standard InChI is InChI=1S/C10H13N2/c1-2-6-11-10(5-1)9-12-7-3-4-8-12/h1,5-6H,3-4,7-9H2. The zero-order valence-electron chi connectivity index (χ0n) is 7.16. The molecule has 1 aromatic heterocycles. The fraction of sp³-hybridized carbons (Fsp3) is 0.500. The summed E-state index contributed by atoms with van der Waals surface area (Å²) in [6, 6.07) is 6.90. The largest absolute Gasteiger partial charge is 0.298 e. The molecule has 1 fully saturated rings. The van der Waals surface area contributed by atoms with Crippen molar-refractivity contribution >= 4 is 0 Å². The van der Waals surface area contributed by atoms with Crippen LogP contribution in [0.25, 0.3) is 0 Å². The minimum Gasteiger partial charge on any atom is -0.298 e. The summed E-state index contributed by atoms with van der Waals surface area (Å²) in [5.41, 5.74) is 1.16. The Morgan fingerprint density at radius 2 is 2.25 bits per heavy atom. The van der Waals surface area contributed by atoms with Gasteiger partial charge in [-0.2, -0.15) is 0 Å². The monoisotopic (exact) mass is 161 g/mol. The number of rotatable bonds is 2. The van der Waals surface area contributed by atoms with Gasteiger partial charge in [0, 0.05) is 18.8 Å². The van der Waals surface area contributed by atoms with Gasteiger partial charge < -0.3 is 0 Å². The van der Waals surface area contributed by atoms with E-state index in [2.05, 4.69) is 16.0 Å². The van der Waals surface area contributed by atoms with Gasteiger partial charge in [0.15, 0.2) is 0 Å². The third-order valence-electron chi connectivity index (χ3n) is 2.26. The van der Waals surface area contributed by atoms with Crippen LogP contribution in [0.5, 0.6) is 0 Å². The molecule has 0 aliphatic carbocycles. The Kier molecular flexibility index (Phi) is 2.37. The Morgan fingerprint density at radius 1 is 1.42 bits per heavy atom. The van der Waals surface area contributed by atoms with E-state index in [9.17, 15) is 0 Å². The maximum absolute atomic E-state index is 4.24. The van der Waals surface area contributed by atoms with Gasteiger partial charge in [-0.05, 0) is 32.0 Å². The zero-order chi connectivity index (χ0) is 8.23. The maximum atomic E-state index is 4.24. The molecule has 2 rings (SSSR count). The first-order chi connectivity index (χ1) is 5.95. The van der Waals surface area contributed by atoms with E-state index in [1.54, 1.807) is 6.20 Å². The van der Waals surface area contributed by atoms with E-state index < -0.39 is 0 Å². The van der Waals surface area contributed by atoms with Crippen molar-refractivity contribution in [2.75, 3.05) is 13.1 Å². The number of aromatic nitrogens is 1. The molecule has 0 spiro atoms. The molecule has 1 saturated heterocycles. The number of likely N-dealkylation sites (tertiary alicyclic amines) is 1. The summed E-state index contributed by atoms with van der Waals surface area (Å²) in [7, 11) is 0. The summed E-state index contributed by atoms with van der Waals surface area (Å²) in [6.07, 6.45) is 4.43. The van der Waals surface area contributed by atoms with E-state index in [1.165, 1.54) is 25.9 Å². The third kappa shape index (κ3) is 1.83. The Hall–Kier alpha value is -0.890. The summed E-state index contributed by atoms with van der Waals surface area (Å²) in [4.78, 5) is 6.69. The molecule has 0 amide bonds. The molecule has 2 heterocycles. The summed E-state index contributed by atoms with van der Waals surface area (Å²) in [5.74, 6) is 0. The normalized spacial score (nSPS) is 18.3. The first-order valence-electron chi connectivity index (χ1n) is 4.48. The summed E-state index contributed by atoms with van der Waals surface area (Å²) >= 11 is 0. The number of pyridine rings is 1. The average Bonchev–Trinajstić information content (AvgIpc) is 2.59. The van der Waals surface area contributed by atoms with Gasteiger partial charge in [0.1, 0.15) is 0 Å². The average molecular weight is 161 g/mol. The predicted octanol–water partition coefficient (Wildman–Crippen LogP) is 1.48. The Balaban J connectivity index is 1.94. The van der Waals surface area contributed by atoms with E-state index in [4.69, 9.17) is 0 Å². The molecule has 0 unspecified atom stereocenters. The topological polar surface area (TPSA) is 16.1 Å². The van der Waals surface area contributed by atoms with Crippen LogP contribution in [0.15, 0.2) is 18.3 Å². The van der Waals surface area contributed by atoms with Crippen molar-refractivity contribution < 1.29 is 0 Å². The van der Waals surface area contributed by atoms with Crippen LogP contribution in [-0.4, -0.2) is 23.0 Å². The zero-order valence-corrected chi connectivity index (χ0v) is 7.16. The highest BCUT2D eigenvalue weighted by Crippen LogP contribution is 2.10. The van der Waals surface area contributed by atoms with Crippen molar-refractivity contribution in [3.63, 3.8) is 0 Å². The maximum Gasteiger partial charge on any atom is 0.0544 e. The molecule has 0 bridgehead atoms. The van der Waals surface area contributed by atoms with Gasteiger partial charge in [0.05, 0.1) is 5.69 Å². The van der Waals surface area contributed by atoms with Crippen molar-refractivity contribution in [3.8, 4) is 0 Å².